The summed E-state index contributed by atoms with van der Waals surface area (Å²) in [6.07, 6.45) is 0.381. The van der Waals surface area contributed by atoms with Gasteiger partial charge >= 0.3 is 5.97 Å². The number of rotatable bonds is 6. The van der Waals surface area contributed by atoms with Gasteiger partial charge in [-0.05, 0) is 12.3 Å². The Morgan fingerprint density at radius 1 is 1.39 bits per heavy atom. The number of aliphatic hydroxyl groups is 1. The predicted octanol–water partition coefficient (Wildman–Crippen LogP) is -1.24. The van der Waals surface area contributed by atoms with Gasteiger partial charge in [0.05, 0.1) is 11.5 Å². The van der Waals surface area contributed by atoms with Crippen molar-refractivity contribution in [3.05, 3.63) is 0 Å². The zero-order valence-corrected chi connectivity index (χ0v) is 10.6. The summed E-state index contributed by atoms with van der Waals surface area (Å²) in [6.45, 7) is -0.338. The summed E-state index contributed by atoms with van der Waals surface area (Å²) in [5.41, 5.74) is 0. The second-order valence-corrected chi connectivity index (χ2v) is 6.67. The third-order valence-electron chi connectivity index (χ3n) is 2.85. The van der Waals surface area contributed by atoms with Gasteiger partial charge in [-0.15, -0.1) is 0 Å². The van der Waals surface area contributed by atoms with Crippen LogP contribution in [0.25, 0.3) is 0 Å². The molecule has 1 aliphatic rings. The van der Waals surface area contributed by atoms with E-state index in [1.165, 1.54) is 0 Å². The highest BCUT2D eigenvalue weighted by molar-refractivity contribution is 7.91. The predicted molar refractivity (Wildman–Crippen MR) is 62.6 cm³/mol. The fraction of sp³-hybridized carbons (Fsp3) is 0.800. The molecule has 1 saturated heterocycles. The number of carboxylic acid groups (broad SMARTS) is 1. The maximum atomic E-state index is 11.5. The highest BCUT2D eigenvalue weighted by Gasteiger charge is 2.30. The molecule has 3 N–H and O–H groups in total. The standard InChI is InChI=1S/C10H17NO6S/c12-3-1-8(10(14)15)11-9(13)5-7-2-4-18(16,17)6-7/h7-8,12H,1-6H2,(H,11,13)(H,14,15)/t7?,8-/m1/s1. The molecule has 0 aliphatic carbocycles. The van der Waals surface area contributed by atoms with Gasteiger partial charge in [0.1, 0.15) is 6.04 Å². The third kappa shape index (κ3) is 4.61. The lowest BCUT2D eigenvalue weighted by atomic mass is 10.0. The van der Waals surface area contributed by atoms with Crippen molar-refractivity contribution in [2.45, 2.75) is 25.3 Å². The minimum atomic E-state index is -3.03. The van der Waals surface area contributed by atoms with Crippen molar-refractivity contribution in [2.24, 2.45) is 5.92 Å². The topological polar surface area (TPSA) is 121 Å². The Bertz CT molecular complexity index is 418. The molecule has 0 aromatic rings. The molecule has 0 saturated carbocycles. The number of hydrogen-bond donors (Lipinski definition) is 3. The molecule has 1 unspecified atom stereocenters. The Kier molecular flexibility index (Phi) is 5.09. The fourth-order valence-electron chi connectivity index (χ4n) is 1.93. The van der Waals surface area contributed by atoms with Gasteiger partial charge in [-0.2, -0.15) is 0 Å². The molecule has 7 nitrogen and oxygen atoms in total. The maximum Gasteiger partial charge on any atom is 0.326 e. The maximum absolute atomic E-state index is 11.5. The highest BCUT2D eigenvalue weighted by atomic mass is 32.2. The highest BCUT2D eigenvalue weighted by Crippen LogP contribution is 2.21. The summed E-state index contributed by atoms with van der Waals surface area (Å²) < 4.78 is 22.4. The average Bonchev–Trinajstić information content (AvgIpc) is 2.57. The molecule has 104 valence electrons. The summed E-state index contributed by atoms with van der Waals surface area (Å²) in [5, 5.41) is 19.7. The largest absolute Gasteiger partial charge is 0.480 e. The van der Waals surface area contributed by atoms with Crippen molar-refractivity contribution in [2.75, 3.05) is 18.1 Å². The molecule has 1 heterocycles. The quantitative estimate of drug-likeness (QED) is 0.559. The summed E-state index contributed by atoms with van der Waals surface area (Å²) in [7, 11) is -3.03. The molecular formula is C10H17NO6S. The first-order chi connectivity index (χ1) is 8.34. The van der Waals surface area contributed by atoms with Gasteiger partial charge in [-0.3, -0.25) is 4.79 Å². The molecule has 2 atom stereocenters. The van der Waals surface area contributed by atoms with Crippen molar-refractivity contribution in [1.29, 1.82) is 0 Å². The molecule has 0 bridgehead atoms. The van der Waals surface area contributed by atoms with E-state index < -0.39 is 27.8 Å². The molecule has 8 heteroatoms. The van der Waals surface area contributed by atoms with Crippen LogP contribution in [0.1, 0.15) is 19.3 Å². The van der Waals surface area contributed by atoms with Crippen LogP contribution in [0.4, 0.5) is 0 Å². The van der Waals surface area contributed by atoms with E-state index >= 15 is 0 Å². The SMILES string of the molecule is O=C(CC1CCS(=O)(=O)C1)N[C@H](CCO)C(=O)O. The van der Waals surface area contributed by atoms with E-state index in [9.17, 15) is 18.0 Å². The van der Waals surface area contributed by atoms with Gasteiger partial charge in [0, 0.05) is 19.4 Å². The number of hydrogen-bond acceptors (Lipinski definition) is 5. The molecule has 0 aromatic carbocycles. The Hall–Kier alpha value is -1.15. The van der Waals surface area contributed by atoms with Crippen LogP contribution in [0, 0.1) is 5.92 Å². The monoisotopic (exact) mass is 279 g/mol. The van der Waals surface area contributed by atoms with Crippen LogP contribution in [0.5, 0.6) is 0 Å². The van der Waals surface area contributed by atoms with Crippen LogP contribution >= 0.6 is 0 Å². The van der Waals surface area contributed by atoms with Gasteiger partial charge in [0.2, 0.25) is 5.91 Å². The number of nitrogens with one attached hydrogen (secondary N) is 1. The molecule has 1 fully saturated rings. The number of aliphatic hydroxyl groups excluding tert-OH is 1. The molecular weight excluding hydrogens is 262 g/mol. The zero-order chi connectivity index (χ0) is 13.8. The lowest BCUT2D eigenvalue weighted by Crippen LogP contribution is -2.42. The number of amides is 1. The van der Waals surface area contributed by atoms with E-state index in [2.05, 4.69) is 5.32 Å². The molecule has 1 rings (SSSR count). The number of sulfone groups is 1. The smallest absolute Gasteiger partial charge is 0.326 e. The van der Waals surface area contributed by atoms with Crippen molar-refractivity contribution in [1.82, 2.24) is 5.32 Å². The number of carbonyl (C=O) groups excluding carboxylic acids is 1. The van der Waals surface area contributed by atoms with E-state index in [0.29, 0.717) is 6.42 Å². The van der Waals surface area contributed by atoms with Crippen molar-refractivity contribution >= 4 is 21.7 Å². The van der Waals surface area contributed by atoms with Crippen LogP contribution in [0.2, 0.25) is 0 Å². The van der Waals surface area contributed by atoms with Crippen molar-refractivity contribution in [3.8, 4) is 0 Å². The van der Waals surface area contributed by atoms with E-state index in [4.69, 9.17) is 10.2 Å². The van der Waals surface area contributed by atoms with Crippen LogP contribution in [-0.4, -0.2) is 54.7 Å². The first-order valence-electron chi connectivity index (χ1n) is 5.67. The first-order valence-corrected chi connectivity index (χ1v) is 7.49. The molecule has 18 heavy (non-hydrogen) atoms. The third-order valence-corrected chi connectivity index (χ3v) is 4.69. The summed E-state index contributed by atoms with van der Waals surface area (Å²) in [6, 6.07) is -1.12. The zero-order valence-electron chi connectivity index (χ0n) is 9.83. The molecule has 0 radical (unpaired) electrons. The van der Waals surface area contributed by atoms with E-state index in [1.54, 1.807) is 0 Å². The van der Waals surface area contributed by atoms with Gasteiger partial charge < -0.3 is 15.5 Å². The van der Waals surface area contributed by atoms with Gasteiger partial charge in [-0.25, -0.2) is 13.2 Å². The van der Waals surface area contributed by atoms with Gasteiger partial charge in [0.25, 0.3) is 0 Å². The fourth-order valence-corrected chi connectivity index (χ4v) is 3.80. The number of carboxylic acids is 1. The van der Waals surface area contributed by atoms with Crippen LogP contribution in [0.15, 0.2) is 0 Å². The Morgan fingerprint density at radius 2 is 2.06 bits per heavy atom. The van der Waals surface area contributed by atoms with Gasteiger partial charge in [-0.1, -0.05) is 0 Å². The molecule has 1 aliphatic heterocycles. The van der Waals surface area contributed by atoms with Crippen LogP contribution in [0.3, 0.4) is 0 Å². The average molecular weight is 279 g/mol. The first kappa shape index (κ1) is 14.9. The van der Waals surface area contributed by atoms with E-state index in [-0.39, 0.29) is 36.9 Å². The minimum absolute atomic E-state index is 0.00837. The van der Waals surface area contributed by atoms with E-state index in [0.717, 1.165) is 0 Å². The summed E-state index contributed by atoms with van der Waals surface area (Å²) in [4.78, 5) is 22.3. The lowest BCUT2D eigenvalue weighted by Gasteiger charge is -2.14. The number of carbonyl (C=O) groups is 2. The van der Waals surface area contributed by atoms with E-state index in [1.807, 2.05) is 0 Å². The second-order valence-electron chi connectivity index (χ2n) is 4.44. The summed E-state index contributed by atoms with van der Waals surface area (Å²) >= 11 is 0. The molecule has 0 spiro atoms. The van der Waals surface area contributed by atoms with Gasteiger partial charge in [0.15, 0.2) is 9.84 Å². The minimum Gasteiger partial charge on any atom is -0.480 e. The second kappa shape index (κ2) is 6.14. The lowest BCUT2D eigenvalue weighted by molar-refractivity contribution is -0.142. The van der Waals surface area contributed by atoms with Crippen molar-refractivity contribution in [3.63, 3.8) is 0 Å². The Morgan fingerprint density at radius 3 is 2.50 bits per heavy atom. The normalized spacial score (nSPS) is 23.5. The molecule has 0 aromatic heterocycles. The van der Waals surface area contributed by atoms with Crippen LogP contribution < -0.4 is 5.32 Å². The number of aliphatic carboxylic acids is 1. The molecule has 1 amide bonds. The summed E-state index contributed by atoms with van der Waals surface area (Å²) in [5.74, 6) is -1.87. The van der Waals surface area contributed by atoms with Crippen LogP contribution in [-0.2, 0) is 19.4 Å². The Labute approximate surface area is 105 Å². The Balaban J connectivity index is 2.44. The van der Waals surface area contributed by atoms with Crippen molar-refractivity contribution < 1.29 is 28.2 Å².